The molecule has 0 saturated heterocycles. The van der Waals surface area contributed by atoms with Gasteiger partial charge in [0.05, 0.1) is 13.2 Å². The highest BCUT2D eigenvalue weighted by Crippen LogP contribution is 2.25. The molecule has 1 saturated carbocycles. The Kier molecular flexibility index (Phi) is 4.61. The first-order valence-corrected chi connectivity index (χ1v) is 6.71. The molecule has 2 unspecified atom stereocenters. The van der Waals surface area contributed by atoms with Gasteiger partial charge in [-0.3, -0.25) is 0 Å². The van der Waals surface area contributed by atoms with Crippen LogP contribution in [0.25, 0.3) is 0 Å². The first-order valence-electron chi connectivity index (χ1n) is 6.71. The number of nitrogens with one attached hydrogen (secondary N) is 1. The Bertz CT molecular complexity index is 392. The minimum atomic E-state index is -0.0784. The van der Waals surface area contributed by atoms with Crippen LogP contribution in [0.15, 0.2) is 18.2 Å². The Morgan fingerprint density at radius 2 is 2.22 bits per heavy atom. The van der Waals surface area contributed by atoms with Crippen molar-refractivity contribution in [3.05, 3.63) is 29.3 Å². The van der Waals surface area contributed by atoms with Crippen LogP contribution in [0.3, 0.4) is 0 Å². The van der Waals surface area contributed by atoms with E-state index in [-0.39, 0.29) is 6.10 Å². The fraction of sp³-hybridized carbons (Fsp3) is 0.600. The molecule has 2 atom stereocenters. The molecule has 1 aliphatic carbocycles. The average Bonchev–Trinajstić information content (AvgIpc) is 2.75. The first-order chi connectivity index (χ1) is 8.69. The molecule has 0 radical (unpaired) electrons. The van der Waals surface area contributed by atoms with E-state index in [0.29, 0.717) is 5.92 Å². The van der Waals surface area contributed by atoms with Gasteiger partial charge in [-0.05, 0) is 44.7 Å². The molecule has 0 aliphatic heterocycles. The quantitative estimate of drug-likeness (QED) is 0.841. The molecular formula is C15H23NO2. The van der Waals surface area contributed by atoms with E-state index in [9.17, 15) is 5.11 Å². The predicted octanol–water partition coefficient (Wildman–Crippen LogP) is 2.25. The van der Waals surface area contributed by atoms with E-state index in [1.54, 1.807) is 7.11 Å². The summed E-state index contributed by atoms with van der Waals surface area (Å²) in [5.41, 5.74) is 2.46. The molecule has 3 heteroatoms. The first kappa shape index (κ1) is 13.4. The van der Waals surface area contributed by atoms with E-state index < -0.39 is 0 Å². The number of ether oxygens (including phenoxy) is 1. The van der Waals surface area contributed by atoms with Crippen LogP contribution in [0.1, 0.15) is 30.4 Å². The van der Waals surface area contributed by atoms with Crippen LogP contribution in [0.5, 0.6) is 5.75 Å². The van der Waals surface area contributed by atoms with Gasteiger partial charge in [0.15, 0.2) is 0 Å². The Labute approximate surface area is 109 Å². The largest absolute Gasteiger partial charge is 0.496 e. The zero-order valence-corrected chi connectivity index (χ0v) is 11.3. The zero-order chi connectivity index (χ0) is 13.0. The molecule has 3 nitrogen and oxygen atoms in total. The summed E-state index contributed by atoms with van der Waals surface area (Å²) in [6, 6.07) is 6.25. The van der Waals surface area contributed by atoms with Crippen molar-refractivity contribution >= 4 is 0 Å². The smallest absolute Gasteiger partial charge is 0.123 e. The molecule has 2 rings (SSSR count). The van der Waals surface area contributed by atoms with Gasteiger partial charge >= 0.3 is 0 Å². The lowest BCUT2D eigenvalue weighted by Gasteiger charge is -2.13. The van der Waals surface area contributed by atoms with Crippen molar-refractivity contribution in [1.29, 1.82) is 0 Å². The molecule has 100 valence electrons. The zero-order valence-electron chi connectivity index (χ0n) is 11.3. The molecule has 1 aromatic carbocycles. The van der Waals surface area contributed by atoms with Gasteiger partial charge < -0.3 is 15.2 Å². The van der Waals surface area contributed by atoms with Gasteiger partial charge in [0.25, 0.3) is 0 Å². The molecule has 2 N–H and O–H groups in total. The van der Waals surface area contributed by atoms with Crippen molar-refractivity contribution < 1.29 is 9.84 Å². The van der Waals surface area contributed by atoms with Gasteiger partial charge in [-0.15, -0.1) is 0 Å². The molecule has 1 aliphatic rings. The molecule has 0 aromatic heterocycles. The van der Waals surface area contributed by atoms with Crippen LogP contribution in [-0.4, -0.2) is 24.9 Å². The molecule has 0 amide bonds. The van der Waals surface area contributed by atoms with Crippen LogP contribution in [0.4, 0.5) is 0 Å². The lowest BCUT2D eigenvalue weighted by atomic mass is 10.1. The molecule has 1 fully saturated rings. The molecule has 1 aromatic rings. The van der Waals surface area contributed by atoms with Gasteiger partial charge in [-0.1, -0.05) is 17.7 Å². The summed E-state index contributed by atoms with van der Waals surface area (Å²) in [5, 5.41) is 13.0. The second-order valence-corrected chi connectivity index (χ2v) is 5.28. The van der Waals surface area contributed by atoms with Crippen molar-refractivity contribution in [2.45, 2.75) is 38.8 Å². The second kappa shape index (κ2) is 6.21. The number of hydrogen-bond donors (Lipinski definition) is 2. The average molecular weight is 249 g/mol. The Hall–Kier alpha value is -1.06. The lowest BCUT2D eigenvalue weighted by molar-refractivity contribution is 0.177. The lowest BCUT2D eigenvalue weighted by Crippen LogP contribution is -2.21. The van der Waals surface area contributed by atoms with Crippen molar-refractivity contribution in [3.8, 4) is 5.75 Å². The molecule has 0 spiro atoms. The summed E-state index contributed by atoms with van der Waals surface area (Å²) in [6.45, 7) is 3.90. The van der Waals surface area contributed by atoms with Crippen LogP contribution in [-0.2, 0) is 6.54 Å². The second-order valence-electron chi connectivity index (χ2n) is 5.28. The van der Waals surface area contributed by atoms with Crippen molar-refractivity contribution in [2.75, 3.05) is 13.7 Å². The van der Waals surface area contributed by atoms with Crippen LogP contribution >= 0.6 is 0 Å². The normalized spacial score (nSPS) is 23.3. The summed E-state index contributed by atoms with van der Waals surface area (Å²) in [7, 11) is 1.71. The maximum atomic E-state index is 9.49. The van der Waals surface area contributed by atoms with Crippen molar-refractivity contribution in [3.63, 3.8) is 0 Å². The number of benzene rings is 1. The summed E-state index contributed by atoms with van der Waals surface area (Å²) in [4.78, 5) is 0. The molecule has 18 heavy (non-hydrogen) atoms. The van der Waals surface area contributed by atoms with Gasteiger partial charge in [0.2, 0.25) is 0 Å². The van der Waals surface area contributed by atoms with E-state index in [1.165, 1.54) is 11.1 Å². The summed E-state index contributed by atoms with van der Waals surface area (Å²) < 4.78 is 5.36. The van der Waals surface area contributed by atoms with Crippen LogP contribution in [0.2, 0.25) is 0 Å². The number of rotatable bonds is 5. The monoisotopic (exact) mass is 249 g/mol. The van der Waals surface area contributed by atoms with E-state index in [2.05, 4.69) is 24.4 Å². The summed E-state index contributed by atoms with van der Waals surface area (Å²) >= 11 is 0. The topological polar surface area (TPSA) is 41.5 Å². The van der Waals surface area contributed by atoms with E-state index in [4.69, 9.17) is 4.74 Å². The van der Waals surface area contributed by atoms with Gasteiger partial charge in [-0.2, -0.15) is 0 Å². The van der Waals surface area contributed by atoms with E-state index >= 15 is 0 Å². The fourth-order valence-electron chi connectivity index (χ4n) is 2.69. The SMILES string of the molecule is COc1ccc(C)cc1CNCC1CCC(O)C1. The fourth-order valence-corrected chi connectivity index (χ4v) is 2.69. The highest BCUT2D eigenvalue weighted by molar-refractivity contribution is 5.36. The van der Waals surface area contributed by atoms with Gasteiger partial charge in [-0.25, -0.2) is 0 Å². The molecular weight excluding hydrogens is 226 g/mol. The summed E-state index contributed by atoms with van der Waals surface area (Å²) in [5.74, 6) is 1.57. The Morgan fingerprint density at radius 1 is 1.39 bits per heavy atom. The van der Waals surface area contributed by atoms with Gasteiger partial charge in [0, 0.05) is 12.1 Å². The third-order valence-electron chi connectivity index (χ3n) is 3.70. The predicted molar refractivity (Wildman–Crippen MR) is 72.8 cm³/mol. The maximum Gasteiger partial charge on any atom is 0.123 e. The van der Waals surface area contributed by atoms with E-state index in [0.717, 1.165) is 38.1 Å². The van der Waals surface area contributed by atoms with E-state index in [1.807, 2.05) is 6.07 Å². The standard InChI is InChI=1S/C15H23NO2/c1-11-3-6-15(18-2)13(7-11)10-16-9-12-4-5-14(17)8-12/h3,6-7,12,14,16-17H,4-5,8-10H2,1-2H3. The van der Waals surface area contributed by atoms with Crippen LogP contribution < -0.4 is 10.1 Å². The van der Waals surface area contributed by atoms with Crippen molar-refractivity contribution in [1.82, 2.24) is 5.32 Å². The number of aliphatic hydroxyl groups excluding tert-OH is 1. The van der Waals surface area contributed by atoms with Crippen molar-refractivity contribution in [2.24, 2.45) is 5.92 Å². The Morgan fingerprint density at radius 3 is 2.89 bits per heavy atom. The molecule has 0 heterocycles. The highest BCUT2D eigenvalue weighted by Gasteiger charge is 2.22. The molecule has 0 bridgehead atoms. The third-order valence-corrected chi connectivity index (χ3v) is 3.70. The minimum absolute atomic E-state index is 0.0784. The number of methoxy groups -OCH3 is 1. The number of aliphatic hydroxyl groups is 1. The minimum Gasteiger partial charge on any atom is -0.496 e. The van der Waals surface area contributed by atoms with Gasteiger partial charge in [0.1, 0.15) is 5.75 Å². The number of hydrogen-bond acceptors (Lipinski definition) is 3. The Balaban J connectivity index is 1.84. The third kappa shape index (κ3) is 3.47. The maximum absolute atomic E-state index is 9.49. The highest BCUT2D eigenvalue weighted by atomic mass is 16.5. The van der Waals surface area contributed by atoms with Crippen LogP contribution in [0, 0.1) is 12.8 Å². The summed E-state index contributed by atoms with van der Waals surface area (Å²) in [6.07, 6.45) is 2.96. The number of aryl methyl sites for hydroxylation is 1.